The molecule has 1 aliphatic heterocycles. The van der Waals surface area contributed by atoms with Crippen molar-refractivity contribution < 1.29 is 9.31 Å². The van der Waals surface area contributed by atoms with Gasteiger partial charge in [-0.1, -0.05) is 72.8 Å². The van der Waals surface area contributed by atoms with Crippen molar-refractivity contribution in [3.8, 4) is 11.1 Å². The first-order valence-corrected chi connectivity index (χ1v) is 11.1. The Morgan fingerprint density at radius 1 is 0.667 bits per heavy atom. The number of benzene rings is 3. The molecule has 1 heterocycles. The zero-order valence-corrected chi connectivity index (χ0v) is 19.6. The predicted octanol–water partition coefficient (Wildman–Crippen LogP) is 5.64. The molecule has 166 valence electrons. The molecule has 1 saturated heterocycles. The van der Waals surface area contributed by atoms with E-state index >= 15 is 0 Å². The molecule has 33 heavy (non-hydrogen) atoms. The molecule has 0 amide bonds. The summed E-state index contributed by atoms with van der Waals surface area (Å²) in [5.74, 6) is 0. The van der Waals surface area contributed by atoms with Crippen molar-refractivity contribution in [3.63, 3.8) is 0 Å². The average Bonchev–Trinajstić information content (AvgIpc) is 3.04. The summed E-state index contributed by atoms with van der Waals surface area (Å²) in [6, 6.07) is 25.6. The summed E-state index contributed by atoms with van der Waals surface area (Å²) in [6.45, 7) is 8.21. The number of rotatable bonds is 6. The van der Waals surface area contributed by atoms with Gasteiger partial charge in [0.05, 0.1) is 22.6 Å². The van der Waals surface area contributed by atoms with E-state index in [4.69, 9.17) is 20.1 Å². The van der Waals surface area contributed by atoms with Gasteiger partial charge in [-0.2, -0.15) is 0 Å². The van der Waals surface area contributed by atoms with Crippen LogP contribution in [0.1, 0.15) is 38.8 Å². The van der Waals surface area contributed by atoms with Crippen LogP contribution >= 0.6 is 0 Å². The highest BCUT2D eigenvalue weighted by atomic mass is 16.7. The second-order valence-corrected chi connectivity index (χ2v) is 9.32. The lowest BCUT2D eigenvalue weighted by Crippen LogP contribution is -2.41. The maximum Gasteiger partial charge on any atom is 0.494 e. The first-order valence-electron chi connectivity index (χ1n) is 11.1. The molecule has 4 rings (SSSR count). The van der Waals surface area contributed by atoms with Crippen molar-refractivity contribution in [1.29, 1.82) is 10.8 Å². The summed E-state index contributed by atoms with van der Waals surface area (Å²) in [6.07, 6.45) is 3.35. The van der Waals surface area contributed by atoms with Gasteiger partial charge in [0, 0.05) is 0 Å². The van der Waals surface area contributed by atoms with Crippen LogP contribution in [0.5, 0.6) is 0 Å². The molecule has 5 heteroatoms. The summed E-state index contributed by atoms with van der Waals surface area (Å²) >= 11 is 0. The highest BCUT2D eigenvalue weighted by molar-refractivity contribution is 6.62. The molecule has 3 aromatic carbocycles. The van der Waals surface area contributed by atoms with E-state index in [0.717, 1.165) is 27.7 Å². The van der Waals surface area contributed by atoms with E-state index in [1.165, 1.54) is 0 Å². The summed E-state index contributed by atoms with van der Waals surface area (Å²) in [5.41, 5.74) is 4.62. The van der Waals surface area contributed by atoms with Crippen LogP contribution in [0.15, 0.2) is 91.0 Å². The van der Waals surface area contributed by atoms with Gasteiger partial charge in [0.15, 0.2) is 0 Å². The Balaban J connectivity index is 1.54. The summed E-state index contributed by atoms with van der Waals surface area (Å²) in [5, 5.41) is 16.7. The Morgan fingerprint density at radius 2 is 1.18 bits per heavy atom. The normalized spacial score (nSPS) is 16.8. The van der Waals surface area contributed by atoms with Crippen molar-refractivity contribution >= 4 is 24.0 Å². The zero-order chi connectivity index (χ0) is 23.6. The SMILES string of the molecule is CC1(C)OB(c2cccc(-c3cccc(C(=N)/C=C\C(=N)c4ccccc4)c3)c2)OC1(C)C. The smallest absolute Gasteiger partial charge is 0.399 e. The van der Waals surface area contributed by atoms with Gasteiger partial charge < -0.3 is 20.1 Å². The third-order valence-corrected chi connectivity index (χ3v) is 6.42. The van der Waals surface area contributed by atoms with Crippen LogP contribution in [-0.2, 0) is 9.31 Å². The lowest BCUT2D eigenvalue weighted by atomic mass is 9.78. The van der Waals surface area contributed by atoms with E-state index in [1.807, 2.05) is 66.7 Å². The van der Waals surface area contributed by atoms with Gasteiger partial charge in [-0.05, 0) is 73.6 Å². The highest BCUT2D eigenvalue weighted by Gasteiger charge is 2.51. The fraction of sp³-hybridized carbons (Fsp3) is 0.214. The van der Waals surface area contributed by atoms with E-state index < -0.39 is 7.12 Å². The van der Waals surface area contributed by atoms with Crippen molar-refractivity contribution in [3.05, 3.63) is 102 Å². The number of hydrogen-bond acceptors (Lipinski definition) is 4. The lowest BCUT2D eigenvalue weighted by Gasteiger charge is -2.32. The Kier molecular flexibility index (Phi) is 6.20. The van der Waals surface area contributed by atoms with Crippen LogP contribution in [0.2, 0.25) is 0 Å². The molecule has 0 unspecified atom stereocenters. The fourth-order valence-electron chi connectivity index (χ4n) is 3.69. The number of allylic oxidation sites excluding steroid dienone is 2. The van der Waals surface area contributed by atoms with Crippen molar-refractivity contribution in [2.24, 2.45) is 0 Å². The van der Waals surface area contributed by atoms with Crippen LogP contribution in [-0.4, -0.2) is 29.7 Å². The molecule has 0 aromatic heterocycles. The van der Waals surface area contributed by atoms with Crippen LogP contribution in [0, 0.1) is 10.8 Å². The Morgan fingerprint density at radius 3 is 1.82 bits per heavy atom. The van der Waals surface area contributed by atoms with Crippen molar-refractivity contribution in [2.75, 3.05) is 0 Å². The lowest BCUT2D eigenvalue weighted by molar-refractivity contribution is 0.00578. The van der Waals surface area contributed by atoms with Crippen LogP contribution in [0.25, 0.3) is 11.1 Å². The molecule has 0 radical (unpaired) electrons. The summed E-state index contributed by atoms with van der Waals surface area (Å²) < 4.78 is 12.4. The Labute approximate surface area is 196 Å². The minimum Gasteiger partial charge on any atom is -0.399 e. The van der Waals surface area contributed by atoms with E-state index in [-0.39, 0.29) is 11.2 Å². The van der Waals surface area contributed by atoms with E-state index in [9.17, 15) is 0 Å². The Hall–Kier alpha value is -3.28. The highest BCUT2D eigenvalue weighted by Crippen LogP contribution is 2.36. The quantitative estimate of drug-likeness (QED) is 0.388. The maximum absolute atomic E-state index is 8.49. The van der Waals surface area contributed by atoms with Crippen LogP contribution < -0.4 is 5.46 Å². The van der Waals surface area contributed by atoms with Gasteiger partial charge in [-0.15, -0.1) is 0 Å². The predicted molar refractivity (Wildman–Crippen MR) is 137 cm³/mol. The molecule has 0 atom stereocenters. The maximum atomic E-state index is 8.49. The van der Waals surface area contributed by atoms with Crippen molar-refractivity contribution in [1.82, 2.24) is 0 Å². The molecular formula is C28H29BN2O2. The molecule has 0 spiro atoms. The first-order chi connectivity index (χ1) is 15.7. The molecule has 3 aromatic rings. The number of hydrogen-bond donors (Lipinski definition) is 2. The van der Waals surface area contributed by atoms with Gasteiger partial charge in [0.1, 0.15) is 0 Å². The summed E-state index contributed by atoms with van der Waals surface area (Å²) in [4.78, 5) is 0. The molecule has 0 aliphatic carbocycles. The average molecular weight is 436 g/mol. The topological polar surface area (TPSA) is 66.2 Å². The molecule has 1 aliphatic rings. The minimum atomic E-state index is -0.414. The van der Waals surface area contributed by atoms with Gasteiger partial charge in [-0.25, -0.2) is 0 Å². The second-order valence-electron chi connectivity index (χ2n) is 9.32. The molecule has 4 nitrogen and oxygen atoms in total. The van der Waals surface area contributed by atoms with E-state index in [2.05, 4.69) is 39.8 Å². The monoisotopic (exact) mass is 436 g/mol. The van der Waals surface area contributed by atoms with Crippen LogP contribution in [0.3, 0.4) is 0 Å². The van der Waals surface area contributed by atoms with Gasteiger partial charge >= 0.3 is 7.12 Å². The second kappa shape index (κ2) is 8.93. The zero-order valence-electron chi connectivity index (χ0n) is 19.6. The molecular weight excluding hydrogens is 407 g/mol. The largest absolute Gasteiger partial charge is 0.494 e. The Bertz CT molecular complexity index is 1200. The van der Waals surface area contributed by atoms with Crippen LogP contribution in [0.4, 0.5) is 0 Å². The number of nitrogens with one attached hydrogen (secondary N) is 2. The minimum absolute atomic E-state index is 0.361. The standard InChI is InChI=1S/C28H29BN2O2/c1-27(2)28(3,4)33-29(32-27)24-15-9-13-22(19-24)21-12-8-14-23(18-21)26(31)17-16-25(30)20-10-6-5-7-11-20/h5-19,30-31H,1-4H3/b17-16-,30-25?,31-26?. The third-order valence-electron chi connectivity index (χ3n) is 6.42. The fourth-order valence-corrected chi connectivity index (χ4v) is 3.69. The molecule has 2 N–H and O–H groups in total. The van der Waals surface area contributed by atoms with Crippen molar-refractivity contribution in [2.45, 2.75) is 38.9 Å². The third kappa shape index (κ3) is 4.90. The molecule has 1 fully saturated rings. The summed E-state index contributed by atoms with van der Waals surface area (Å²) in [7, 11) is -0.414. The van der Waals surface area contributed by atoms with Gasteiger partial charge in [-0.3, -0.25) is 0 Å². The molecule has 0 bridgehead atoms. The van der Waals surface area contributed by atoms with Gasteiger partial charge in [0.25, 0.3) is 0 Å². The first kappa shape index (κ1) is 22.9. The van der Waals surface area contributed by atoms with E-state index in [0.29, 0.717) is 11.4 Å². The molecule has 0 saturated carbocycles. The van der Waals surface area contributed by atoms with Gasteiger partial charge in [0.2, 0.25) is 0 Å². The van der Waals surface area contributed by atoms with E-state index in [1.54, 1.807) is 12.2 Å².